The summed E-state index contributed by atoms with van der Waals surface area (Å²) in [6.07, 6.45) is 5.47. The SMILES string of the molecule is CCSC1CCC(NC2CCS(=O)(=O)CC2)C1. The first-order valence-electron chi connectivity index (χ1n) is 6.67. The summed E-state index contributed by atoms with van der Waals surface area (Å²) >= 11 is 2.07. The molecule has 1 saturated carbocycles. The number of thioether (sulfide) groups is 1. The largest absolute Gasteiger partial charge is 0.311 e. The van der Waals surface area contributed by atoms with Crippen molar-refractivity contribution >= 4 is 21.6 Å². The van der Waals surface area contributed by atoms with Crippen molar-refractivity contribution in [3.63, 3.8) is 0 Å². The van der Waals surface area contributed by atoms with E-state index in [0.29, 0.717) is 23.6 Å². The highest BCUT2D eigenvalue weighted by molar-refractivity contribution is 7.99. The van der Waals surface area contributed by atoms with E-state index < -0.39 is 9.84 Å². The van der Waals surface area contributed by atoms with Gasteiger partial charge in [-0.3, -0.25) is 0 Å². The summed E-state index contributed by atoms with van der Waals surface area (Å²) < 4.78 is 22.7. The smallest absolute Gasteiger partial charge is 0.150 e. The van der Waals surface area contributed by atoms with Crippen molar-refractivity contribution in [1.29, 1.82) is 0 Å². The topological polar surface area (TPSA) is 46.2 Å². The molecule has 2 fully saturated rings. The first-order chi connectivity index (χ1) is 8.09. The molecule has 17 heavy (non-hydrogen) atoms. The monoisotopic (exact) mass is 277 g/mol. The second-order valence-corrected chi connectivity index (χ2v) is 9.06. The van der Waals surface area contributed by atoms with Crippen LogP contribution in [-0.2, 0) is 9.84 Å². The van der Waals surface area contributed by atoms with Gasteiger partial charge in [-0.25, -0.2) is 8.42 Å². The highest BCUT2D eigenvalue weighted by Gasteiger charge is 2.29. The predicted molar refractivity (Wildman–Crippen MR) is 74.4 cm³/mol. The van der Waals surface area contributed by atoms with E-state index in [9.17, 15) is 8.42 Å². The number of sulfone groups is 1. The Hall–Kier alpha value is 0.260. The lowest BCUT2D eigenvalue weighted by molar-refractivity contribution is 0.402. The van der Waals surface area contributed by atoms with Crippen molar-refractivity contribution in [3.8, 4) is 0 Å². The van der Waals surface area contributed by atoms with E-state index >= 15 is 0 Å². The van der Waals surface area contributed by atoms with Crippen LogP contribution in [0.4, 0.5) is 0 Å². The molecule has 0 spiro atoms. The number of nitrogens with one attached hydrogen (secondary N) is 1. The molecule has 1 aliphatic heterocycles. The van der Waals surface area contributed by atoms with Crippen LogP contribution in [0.2, 0.25) is 0 Å². The van der Waals surface area contributed by atoms with Crippen LogP contribution in [0.3, 0.4) is 0 Å². The van der Waals surface area contributed by atoms with Crippen molar-refractivity contribution in [1.82, 2.24) is 5.32 Å². The summed E-state index contributed by atoms with van der Waals surface area (Å²) in [5.74, 6) is 1.97. The number of hydrogen-bond donors (Lipinski definition) is 1. The van der Waals surface area contributed by atoms with Gasteiger partial charge in [-0.1, -0.05) is 6.92 Å². The lowest BCUT2D eigenvalue weighted by Crippen LogP contribution is -2.42. The molecule has 0 amide bonds. The molecule has 0 bridgehead atoms. The molecular formula is C12H23NO2S2. The molecule has 1 aliphatic carbocycles. The summed E-state index contributed by atoms with van der Waals surface area (Å²) in [5, 5.41) is 4.49. The third kappa shape index (κ3) is 4.14. The van der Waals surface area contributed by atoms with Crippen molar-refractivity contribution in [2.45, 2.75) is 56.4 Å². The van der Waals surface area contributed by atoms with E-state index in [4.69, 9.17) is 0 Å². The Balaban J connectivity index is 1.72. The maximum atomic E-state index is 11.3. The summed E-state index contributed by atoms with van der Waals surface area (Å²) in [6, 6.07) is 1.07. The maximum absolute atomic E-state index is 11.3. The molecule has 1 saturated heterocycles. The fourth-order valence-corrected chi connectivity index (χ4v) is 5.50. The zero-order chi connectivity index (χ0) is 12.3. The quantitative estimate of drug-likeness (QED) is 0.851. The molecule has 2 unspecified atom stereocenters. The van der Waals surface area contributed by atoms with E-state index in [2.05, 4.69) is 24.0 Å². The molecule has 2 atom stereocenters. The van der Waals surface area contributed by atoms with Crippen molar-refractivity contribution in [2.24, 2.45) is 0 Å². The van der Waals surface area contributed by atoms with Gasteiger partial charge < -0.3 is 5.32 Å². The van der Waals surface area contributed by atoms with E-state index in [1.165, 1.54) is 25.0 Å². The molecule has 100 valence electrons. The first kappa shape index (κ1) is 13.7. The van der Waals surface area contributed by atoms with Crippen LogP contribution in [0.15, 0.2) is 0 Å². The first-order valence-corrected chi connectivity index (χ1v) is 9.54. The number of rotatable bonds is 4. The highest BCUT2D eigenvalue weighted by atomic mass is 32.2. The van der Waals surface area contributed by atoms with Crippen LogP contribution >= 0.6 is 11.8 Å². The number of hydrogen-bond acceptors (Lipinski definition) is 4. The Morgan fingerprint density at radius 2 is 1.82 bits per heavy atom. The van der Waals surface area contributed by atoms with Crippen LogP contribution in [-0.4, -0.2) is 43.0 Å². The maximum Gasteiger partial charge on any atom is 0.150 e. The minimum atomic E-state index is -2.71. The zero-order valence-electron chi connectivity index (χ0n) is 10.5. The van der Waals surface area contributed by atoms with Crippen LogP contribution < -0.4 is 5.32 Å². The zero-order valence-corrected chi connectivity index (χ0v) is 12.2. The fourth-order valence-electron chi connectivity index (χ4n) is 2.87. The van der Waals surface area contributed by atoms with Crippen LogP contribution in [0.5, 0.6) is 0 Å². The van der Waals surface area contributed by atoms with Gasteiger partial charge in [0.2, 0.25) is 0 Å². The van der Waals surface area contributed by atoms with Gasteiger partial charge in [0.25, 0.3) is 0 Å². The average molecular weight is 277 g/mol. The Morgan fingerprint density at radius 1 is 1.12 bits per heavy atom. The summed E-state index contributed by atoms with van der Waals surface area (Å²) in [5.41, 5.74) is 0. The van der Waals surface area contributed by atoms with Crippen molar-refractivity contribution in [2.75, 3.05) is 17.3 Å². The third-order valence-electron chi connectivity index (χ3n) is 3.81. The Bertz CT molecular complexity index is 328. The normalized spacial score (nSPS) is 33.9. The average Bonchev–Trinajstić information content (AvgIpc) is 2.70. The molecule has 5 heteroatoms. The molecule has 2 aliphatic rings. The lowest BCUT2D eigenvalue weighted by Gasteiger charge is -2.26. The van der Waals surface area contributed by atoms with Gasteiger partial charge in [-0.15, -0.1) is 0 Å². The van der Waals surface area contributed by atoms with Gasteiger partial charge in [0.05, 0.1) is 11.5 Å². The van der Waals surface area contributed by atoms with Crippen LogP contribution in [0.25, 0.3) is 0 Å². The van der Waals surface area contributed by atoms with E-state index in [1.54, 1.807) is 0 Å². The van der Waals surface area contributed by atoms with Crippen molar-refractivity contribution in [3.05, 3.63) is 0 Å². The molecule has 0 aromatic heterocycles. The second kappa shape index (κ2) is 5.93. The van der Waals surface area contributed by atoms with Gasteiger partial charge in [-0.05, 0) is 37.9 Å². The lowest BCUT2D eigenvalue weighted by atomic mass is 10.1. The Kier molecular flexibility index (Phi) is 4.78. The van der Waals surface area contributed by atoms with Crippen molar-refractivity contribution < 1.29 is 8.42 Å². The van der Waals surface area contributed by atoms with Gasteiger partial charge in [0.1, 0.15) is 9.84 Å². The summed E-state index contributed by atoms with van der Waals surface area (Å²) in [7, 11) is -2.71. The molecule has 0 aromatic carbocycles. The third-order valence-corrected chi connectivity index (χ3v) is 6.76. The minimum Gasteiger partial charge on any atom is -0.311 e. The van der Waals surface area contributed by atoms with E-state index in [1.807, 2.05) is 0 Å². The Morgan fingerprint density at radius 3 is 2.47 bits per heavy atom. The molecule has 3 nitrogen and oxygen atoms in total. The van der Waals surface area contributed by atoms with Crippen LogP contribution in [0.1, 0.15) is 39.0 Å². The fraction of sp³-hybridized carbons (Fsp3) is 1.00. The van der Waals surface area contributed by atoms with Gasteiger partial charge in [-0.2, -0.15) is 11.8 Å². The summed E-state index contributed by atoms with van der Waals surface area (Å²) in [4.78, 5) is 0. The van der Waals surface area contributed by atoms with Gasteiger partial charge in [0.15, 0.2) is 0 Å². The molecule has 1 heterocycles. The van der Waals surface area contributed by atoms with E-state index in [-0.39, 0.29) is 0 Å². The molecular weight excluding hydrogens is 254 g/mol. The summed E-state index contributed by atoms with van der Waals surface area (Å²) in [6.45, 7) is 2.22. The molecule has 2 rings (SSSR count). The molecule has 1 N–H and O–H groups in total. The highest BCUT2D eigenvalue weighted by Crippen LogP contribution is 2.30. The standard InChI is InChI=1S/C12H23NO2S2/c1-2-16-12-4-3-11(9-12)13-10-5-7-17(14,15)8-6-10/h10-13H,2-9H2,1H3. The van der Waals surface area contributed by atoms with E-state index in [0.717, 1.165) is 18.1 Å². The van der Waals surface area contributed by atoms with Gasteiger partial charge in [0, 0.05) is 17.3 Å². The minimum absolute atomic E-state index is 0.379. The van der Waals surface area contributed by atoms with Gasteiger partial charge >= 0.3 is 0 Å². The molecule has 0 radical (unpaired) electrons. The second-order valence-electron chi connectivity index (χ2n) is 5.18. The molecule has 0 aromatic rings. The Labute approximate surface area is 109 Å². The predicted octanol–water partition coefficient (Wildman–Crippen LogP) is 1.83. The van der Waals surface area contributed by atoms with Crippen LogP contribution in [0, 0.1) is 0 Å².